The fourth-order valence-electron chi connectivity index (χ4n) is 5.02. The van der Waals surface area contributed by atoms with Gasteiger partial charge < -0.3 is 10.0 Å². The number of nitrogens with zero attached hydrogens (tertiary/aromatic N) is 7. The van der Waals surface area contributed by atoms with Crippen molar-refractivity contribution in [3.05, 3.63) is 65.9 Å². The van der Waals surface area contributed by atoms with E-state index in [0.717, 1.165) is 56.5 Å². The second kappa shape index (κ2) is 9.74. The van der Waals surface area contributed by atoms with E-state index in [9.17, 15) is 5.11 Å². The molecule has 5 rings (SSSR count). The summed E-state index contributed by atoms with van der Waals surface area (Å²) in [7, 11) is 0. The first-order chi connectivity index (χ1) is 16.5. The highest BCUT2D eigenvalue weighted by molar-refractivity contribution is 5.54. The normalized spacial score (nSPS) is 22.4. The predicted octanol–water partition coefficient (Wildman–Crippen LogP) is 2.90. The lowest BCUT2D eigenvalue weighted by molar-refractivity contribution is 0.0471. The van der Waals surface area contributed by atoms with Gasteiger partial charge in [-0.15, -0.1) is 0 Å². The molecule has 1 saturated heterocycles. The van der Waals surface area contributed by atoms with Gasteiger partial charge in [-0.2, -0.15) is 0 Å². The van der Waals surface area contributed by atoms with E-state index in [1.165, 1.54) is 11.3 Å². The Kier molecular flexibility index (Phi) is 6.54. The number of fused-ring (bicyclic) bond motifs is 1. The molecule has 8 nitrogen and oxygen atoms in total. The fraction of sp³-hybridized carbons (Fsp3) is 0.462. The summed E-state index contributed by atoms with van der Waals surface area (Å²) in [5.74, 6) is 2.18. The summed E-state index contributed by atoms with van der Waals surface area (Å²) in [5.41, 5.74) is 3.47. The van der Waals surface area contributed by atoms with Crippen molar-refractivity contribution in [3.63, 3.8) is 0 Å². The van der Waals surface area contributed by atoms with Crippen LogP contribution >= 0.6 is 0 Å². The van der Waals surface area contributed by atoms with Crippen molar-refractivity contribution in [2.24, 2.45) is 0 Å². The van der Waals surface area contributed by atoms with Gasteiger partial charge in [-0.05, 0) is 26.8 Å². The number of aliphatic hydroxyl groups is 1. The Morgan fingerprint density at radius 1 is 1.03 bits per heavy atom. The third kappa shape index (κ3) is 4.80. The van der Waals surface area contributed by atoms with Gasteiger partial charge in [0, 0.05) is 68.2 Å². The Bertz CT molecular complexity index is 1110. The molecule has 0 aliphatic carbocycles. The van der Waals surface area contributed by atoms with Crippen LogP contribution in [0.2, 0.25) is 0 Å². The lowest BCUT2D eigenvalue weighted by Crippen LogP contribution is -2.59. The fourth-order valence-corrected chi connectivity index (χ4v) is 5.02. The summed E-state index contributed by atoms with van der Waals surface area (Å²) in [5, 5.41) is 9.85. The number of hydrogen-bond donors (Lipinski definition) is 1. The minimum atomic E-state index is -0.661. The molecule has 3 aromatic rings. The molecule has 2 aromatic heterocycles. The van der Waals surface area contributed by atoms with Crippen LogP contribution in [0.5, 0.6) is 0 Å². The van der Waals surface area contributed by atoms with Crippen molar-refractivity contribution >= 4 is 5.82 Å². The monoisotopic (exact) mass is 459 g/mol. The molecule has 3 atom stereocenters. The average Bonchev–Trinajstić information content (AvgIpc) is 2.86. The number of rotatable bonds is 5. The van der Waals surface area contributed by atoms with E-state index in [2.05, 4.69) is 55.6 Å². The zero-order valence-electron chi connectivity index (χ0n) is 20.2. The highest BCUT2D eigenvalue weighted by Crippen LogP contribution is 2.25. The van der Waals surface area contributed by atoms with Crippen LogP contribution in [-0.2, 0) is 13.0 Å². The molecule has 1 fully saturated rings. The van der Waals surface area contributed by atoms with Crippen molar-refractivity contribution in [1.29, 1.82) is 0 Å². The van der Waals surface area contributed by atoms with Crippen molar-refractivity contribution in [1.82, 2.24) is 29.7 Å². The van der Waals surface area contributed by atoms with Gasteiger partial charge in [-0.25, -0.2) is 19.9 Å². The van der Waals surface area contributed by atoms with E-state index in [0.29, 0.717) is 17.9 Å². The van der Waals surface area contributed by atoms with Crippen LogP contribution in [0, 0.1) is 0 Å². The molecule has 2 aliphatic heterocycles. The Hall–Kier alpha value is -2.94. The number of benzene rings is 1. The van der Waals surface area contributed by atoms with Crippen LogP contribution in [0.1, 0.15) is 44.0 Å². The van der Waals surface area contributed by atoms with E-state index in [4.69, 9.17) is 4.98 Å². The topological polar surface area (TPSA) is 81.5 Å². The van der Waals surface area contributed by atoms with Gasteiger partial charge in [0.05, 0.1) is 12.4 Å². The van der Waals surface area contributed by atoms with Crippen LogP contribution in [0.25, 0.3) is 11.4 Å². The molecule has 1 N–H and O–H groups in total. The molecule has 0 radical (unpaired) electrons. The van der Waals surface area contributed by atoms with Crippen LogP contribution in [0.4, 0.5) is 5.82 Å². The number of piperazine rings is 1. The van der Waals surface area contributed by atoms with Gasteiger partial charge in [0.25, 0.3) is 0 Å². The van der Waals surface area contributed by atoms with Crippen molar-refractivity contribution < 1.29 is 5.11 Å². The van der Waals surface area contributed by atoms with Crippen molar-refractivity contribution in [2.75, 3.05) is 31.2 Å². The molecule has 2 aliphatic rings. The number of hydrogen-bond acceptors (Lipinski definition) is 8. The molecule has 0 spiro atoms. The van der Waals surface area contributed by atoms with Crippen LogP contribution < -0.4 is 4.90 Å². The highest BCUT2D eigenvalue weighted by atomic mass is 16.3. The first-order valence-corrected chi connectivity index (χ1v) is 12.1. The van der Waals surface area contributed by atoms with Gasteiger partial charge in [-0.1, -0.05) is 30.3 Å². The third-order valence-electron chi connectivity index (χ3n) is 6.87. The molecule has 178 valence electrons. The number of aliphatic hydroxyl groups excluding tert-OH is 1. The molecule has 0 amide bonds. The maximum atomic E-state index is 9.85. The predicted molar refractivity (Wildman–Crippen MR) is 132 cm³/mol. The molecule has 34 heavy (non-hydrogen) atoms. The highest BCUT2D eigenvalue weighted by Gasteiger charge is 2.32. The Labute approximate surface area is 201 Å². The van der Waals surface area contributed by atoms with Crippen LogP contribution in [-0.4, -0.2) is 73.2 Å². The van der Waals surface area contributed by atoms with E-state index in [-0.39, 0.29) is 0 Å². The number of aromatic nitrogens is 4. The standard InChI is InChI=1S/C26H33N7O/c1-18-14-32(24-9-11-27-25(30-24)20(3)34)15-19(2)33(18)17-31-12-10-23-22(16-31)13-28-26(29-23)21-7-5-4-6-8-21/h4-9,11,13,18-20,34H,10,12,14-17H2,1-3H3. The SMILES string of the molecule is CC(O)c1nccc(N2CC(C)N(CN3CCc4nc(-c5ccccc5)ncc4C3)C(C)C2)n1. The zero-order chi connectivity index (χ0) is 23.7. The van der Waals surface area contributed by atoms with E-state index in [1.807, 2.05) is 30.5 Å². The third-order valence-corrected chi connectivity index (χ3v) is 6.87. The minimum Gasteiger partial charge on any atom is -0.385 e. The summed E-state index contributed by atoms with van der Waals surface area (Å²) in [6.07, 6.45) is 4.04. The Morgan fingerprint density at radius 3 is 2.53 bits per heavy atom. The maximum absolute atomic E-state index is 9.85. The summed E-state index contributed by atoms with van der Waals surface area (Å²) in [6.45, 7) is 10.9. The van der Waals surface area contributed by atoms with Crippen molar-refractivity contribution in [3.8, 4) is 11.4 Å². The summed E-state index contributed by atoms with van der Waals surface area (Å²) in [4.78, 5) is 25.7. The first-order valence-electron chi connectivity index (χ1n) is 12.1. The first kappa shape index (κ1) is 22.8. The van der Waals surface area contributed by atoms with Crippen LogP contribution in [0.15, 0.2) is 48.8 Å². The zero-order valence-corrected chi connectivity index (χ0v) is 20.2. The second-order valence-electron chi connectivity index (χ2n) is 9.54. The molecular formula is C26H33N7O. The van der Waals surface area contributed by atoms with E-state index in [1.54, 1.807) is 13.1 Å². The van der Waals surface area contributed by atoms with Gasteiger partial charge in [0.2, 0.25) is 0 Å². The maximum Gasteiger partial charge on any atom is 0.159 e. The molecule has 1 aromatic carbocycles. The smallest absolute Gasteiger partial charge is 0.159 e. The molecule has 0 bridgehead atoms. The summed E-state index contributed by atoms with van der Waals surface area (Å²) in [6, 6.07) is 12.9. The Morgan fingerprint density at radius 2 is 1.79 bits per heavy atom. The molecular weight excluding hydrogens is 426 g/mol. The second-order valence-corrected chi connectivity index (χ2v) is 9.54. The van der Waals surface area contributed by atoms with Gasteiger partial charge >= 0.3 is 0 Å². The number of anilines is 1. The quantitative estimate of drug-likeness (QED) is 0.624. The lowest BCUT2D eigenvalue weighted by Gasteiger charge is -2.47. The van der Waals surface area contributed by atoms with Gasteiger partial charge in [0.1, 0.15) is 11.9 Å². The largest absolute Gasteiger partial charge is 0.385 e. The molecule has 3 unspecified atom stereocenters. The van der Waals surface area contributed by atoms with E-state index >= 15 is 0 Å². The van der Waals surface area contributed by atoms with Gasteiger partial charge in [-0.3, -0.25) is 9.80 Å². The molecule has 8 heteroatoms. The van der Waals surface area contributed by atoms with E-state index < -0.39 is 6.10 Å². The Balaban J connectivity index is 1.23. The lowest BCUT2D eigenvalue weighted by atomic mass is 10.1. The summed E-state index contributed by atoms with van der Waals surface area (Å²) < 4.78 is 0. The molecule has 4 heterocycles. The molecule has 0 saturated carbocycles. The van der Waals surface area contributed by atoms with Gasteiger partial charge in [0.15, 0.2) is 11.6 Å². The van der Waals surface area contributed by atoms with Crippen molar-refractivity contribution in [2.45, 2.75) is 51.9 Å². The van der Waals surface area contributed by atoms with Crippen LogP contribution in [0.3, 0.4) is 0 Å². The average molecular weight is 460 g/mol. The minimum absolute atomic E-state index is 0.381. The summed E-state index contributed by atoms with van der Waals surface area (Å²) >= 11 is 0.